The molecule has 0 fully saturated rings. The minimum Gasteiger partial charge on any atom is -0.477 e. The summed E-state index contributed by atoms with van der Waals surface area (Å²) in [5.41, 5.74) is 9.83. The van der Waals surface area contributed by atoms with E-state index in [1.807, 2.05) is 24.3 Å². The number of hydrogen-bond acceptors (Lipinski definition) is 3. The summed E-state index contributed by atoms with van der Waals surface area (Å²) in [5.74, 6) is -1.25. The molecule has 52 heavy (non-hydrogen) atoms. The van der Waals surface area contributed by atoms with Gasteiger partial charge < -0.3 is 19.1 Å². The predicted octanol–water partition coefficient (Wildman–Crippen LogP) is 11.3. The number of carboxylic acid groups (broad SMARTS) is 1. The minimum atomic E-state index is -1.25. The van der Waals surface area contributed by atoms with E-state index in [1.54, 1.807) is 6.07 Å². The van der Waals surface area contributed by atoms with E-state index in [-0.39, 0.29) is 5.57 Å². The van der Waals surface area contributed by atoms with E-state index in [0.29, 0.717) is 5.56 Å². The number of nitrogens with zero attached hydrogens (tertiary/aromatic N) is 4. The van der Waals surface area contributed by atoms with Crippen LogP contribution in [0, 0.1) is 11.3 Å². The summed E-state index contributed by atoms with van der Waals surface area (Å²) >= 11 is 0. The average molecular weight is 671 g/mol. The Bertz CT molecular complexity index is 2610. The lowest BCUT2D eigenvalue weighted by Crippen LogP contribution is -2.10. The number of carbonyl (C=O) groups is 1. The molecule has 0 bridgehead atoms. The van der Waals surface area contributed by atoms with Gasteiger partial charge in [0, 0.05) is 50.0 Å². The summed E-state index contributed by atoms with van der Waals surface area (Å²) < 4.78 is 4.60. The molecule has 0 saturated heterocycles. The Hall–Kier alpha value is -7.36. The molecule has 0 amide bonds. The molecular formula is C46H30N4O2. The SMILES string of the molecule is N#C/C(=C\c1ccc(N(c2ccc(-n3c4ccccc4c4ccccc43)cc2)c2ccc(-n3c4ccccc4c4ccccc43)cc2)cc1)C(=O)O. The van der Waals surface area contributed by atoms with E-state index >= 15 is 0 Å². The highest BCUT2D eigenvalue weighted by atomic mass is 16.4. The number of nitriles is 1. The first-order chi connectivity index (χ1) is 25.6. The maximum absolute atomic E-state index is 11.5. The first-order valence-corrected chi connectivity index (χ1v) is 17.0. The van der Waals surface area contributed by atoms with Crippen LogP contribution in [0.2, 0.25) is 0 Å². The molecule has 0 aliphatic heterocycles. The van der Waals surface area contributed by atoms with Crippen LogP contribution in [-0.2, 0) is 4.79 Å². The van der Waals surface area contributed by atoms with Gasteiger partial charge in [0.2, 0.25) is 0 Å². The Morgan fingerprint density at radius 2 is 0.827 bits per heavy atom. The van der Waals surface area contributed by atoms with Crippen molar-refractivity contribution in [1.82, 2.24) is 9.13 Å². The molecule has 246 valence electrons. The normalized spacial score (nSPS) is 11.7. The average Bonchev–Trinajstić information content (AvgIpc) is 3.71. The fraction of sp³-hybridized carbons (Fsp3) is 0. The molecule has 7 aromatic carbocycles. The van der Waals surface area contributed by atoms with Gasteiger partial charge in [0.15, 0.2) is 0 Å². The standard InChI is InChI=1S/C46H30N4O2/c47-30-32(46(51)52)29-31-17-19-33(20-18-31)48(34-21-25-36(26-22-34)49-42-13-5-1-9-38(42)39-10-2-6-14-43(39)49)35-23-27-37(28-24-35)50-44-15-7-3-11-40(44)41-12-4-8-16-45(41)50/h1-29H,(H,51,52)/b32-29+. The van der Waals surface area contributed by atoms with Gasteiger partial charge in [-0.3, -0.25) is 0 Å². The second-order valence-electron chi connectivity index (χ2n) is 12.7. The lowest BCUT2D eigenvalue weighted by molar-refractivity contribution is -0.132. The van der Waals surface area contributed by atoms with Crippen molar-refractivity contribution in [3.8, 4) is 17.4 Å². The summed E-state index contributed by atoms with van der Waals surface area (Å²) in [6.45, 7) is 0. The van der Waals surface area contributed by atoms with Crippen LogP contribution in [-0.4, -0.2) is 20.2 Å². The third-order valence-corrected chi connectivity index (χ3v) is 9.71. The van der Waals surface area contributed by atoms with Crippen molar-refractivity contribution in [3.63, 3.8) is 0 Å². The van der Waals surface area contributed by atoms with Crippen molar-refractivity contribution < 1.29 is 9.90 Å². The van der Waals surface area contributed by atoms with Crippen LogP contribution in [0.1, 0.15) is 5.56 Å². The van der Waals surface area contributed by atoms with Crippen LogP contribution in [0.3, 0.4) is 0 Å². The van der Waals surface area contributed by atoms with E-state index in [9.17, 15) is 15.2 Å². The van der Waals surface area contributed by atoms with Crippen LogP contribution in [0.5, 0.6) is 0 Å². The van der Waals surface area contributed by atoms with Crippen LogP contribution in [0.4, 0.5) is 17.1 Å². The molecule has 0 radical (unpaired) electrons. The summed E-state index contributed by atoms with van der Waals surface area (Å²) in [4.78, 5) is 13.7. The molecule has 2 heterocycles. The molecule has 9 rings (SSSR count). The summed E-state index contributed by atoms with van der Waals surface area (Å²) in [7, 11) is 0. The van der Waals surface area contributed by atoms with Crippen molar-refractivity contribution in [1.29, 1.82) is 5.26 Å². The number of fused-ring (bicyclic) bond motifs is 6. The number of aliphatic carboxylic acids is 1. The molecule has 6 heteroatoms. The zero-order valence-electron chi connectivity index (χ0n) is 27.9. The summed E-state index contributed by atoms with van der Waals surface area (Å²) in [6, 6.07) is 60.4. The van der Waals surface area contributed by atoms with Gasteiger partial charge in [0.05, 0.1) is 22.1 Å². The molecular weight excluding hydrogens is 641 g/mol. The molecule has 0 saturated carbocycles. The first-order valence-electron chi connectivity index (χ1n) is 17.0. The zero-order valence-corrected chi connectivity index (χ0v) is 27.9. The Balaban J connectivity index is 1.16. The second-order valence-corrected chi connectivity index (χ2v) is 12.7. The van der Waals surface area contributed by atoms with Crippen molar-refractivity contribution in [2.24, 2.45) is 0 Å². The molecule has 0 aliphatic carbocycles. The van der Waals surface area contributed by atoms with Gasteiger partial charge in [-0.1, -0.05) is 84.9 Å². The van der Waals surface area contributed by atoms with Gasteiger partial charge in [-0.2, -0.15) is 5.26 Å². The van der Waals surface area contributed by atoms with Crippen LogP contribution in [0.15, 0.2) is 175 Å². The number of carboxylic acids is 1. The molecule has 6 nitrogen and oxygen atoms in total. The highest BCUT2D eigenvalue weighted by Gasteiger charge is 2.17. The monoisotopic (exact) mass is 670 g/mol. The largest absolute Gasteiger partial charge is 0.477 e. The quantitative estimate of drug-likeness (QED) is 0.135. The van der Waals surface area contributed by atoms with Gasteiger partial charge >= 0.3 is 5.97 Å². The third-order valence-electron chi connectivity index (χ3n) is 9.71. The van der Waals surface area contributed by atoms with Crippen molar-refractivity contribution in [3.05, 3.63) is 181 Å². The topological polar surface area (TPSA) is 74.2 Å². The number of anilines is 3. The number of para-hydroxylation sites is 4. The fourth-order valence-electron chi connectivity index (χ4n) is 7.38. The molecule has 0 unspecified atom stereocenters. The van der Waals surface area contributed by atoms with Crippen molar-refractivity contribution in [2.45, 2.75) is 0 Å². The summed E-state index contributed by atoms with van der Waals surface area (Å²) in [5, 5.41) is 23.5. The number of rotatable bonds is 7. The molecule has 2 aromatic heterocycles. The molecule has 1 N–H and O–H groups in total. The van der Waals surface area contributed by atoms with Gasteiger partial charge in [-0.25, -0.2) is 4.79 Å². The smallest absolute Gasteiger partial charge is 0.346 e. The second kappa shape index (κ2) is 12.5. The van der Waals surface area contributed by atoms with Gasteiger partial charge in [-0.15, -0.1) is 0 Å². The van der Waals surface area contributed by atoms with Crippen molar-refractivity contribution >= 4 is 72.7 Å². The lowest BCUT2D eigenvalue weighted by atomic mass is 10.1. The van der Waals surface area contributed by atoms with E-state index in [0.717, 1.165) is 50.5 Å². The Labute approximate surface area is 299 Å². The maximum Gasteiger partial charge on any atom is 0.346 e. The predicted molar refractivity (Wildman–Crippen MR) is 211 cm³/mol. The third kappa shape index (κ3) is 5.08. The van der Waals surface area contributed by atoms with E-state index in [4.69, 9.17) is 0 Å². The highest BCUT2D eigenvalue weighted by molar-refractivity contribution is 6.10. The van der Waals surface area contributed by atoms with Gasteiger partial charge in [0.25, 0.3) is 0 Å². The Kier molecular flexibility index (Phi) is 7.38. The number of hydrogen-bond donors (Lipinski definition) is 1. The molecule has 9 aromatic rings. The fourth-order valence-corrected chi connectivity index (χ4v) is 7.38. The molecule has 0 spiro atoms. The van der Waals surface area contributed by atoms with E-state index in [1.165, 1.54) is 27.6 Å². The lowest BCUT2D eigenvalue weighted by Gasteiger charge is -2.26. The van der Waals surface area contributed by atoms with E-state index < -0.39 is 5.97 Å². The molecule has 0 aliphatic rings. The highest BCUT2D eigenvalue weighted by Crippen LogP contribution is 2.38. The number of benzene rings is 7. The van der Waals surface area contributed by atoms with E-state index in [2.05, 4.69) is 160 Å². The zero-order chi connectivity index (χ0) is 35.2. The minimum absolute atomic E-state index is 0.314. The molecule has 0 atom stereocenters. The summed E-state index contributed by atoms with van der Waals surface area (Å²) in [6.07, 6.45) is 1.39. The van der Waals surface area contributed by atoms with Crippen LogP contribution in [0.25, 0.3) is 61.1 Å². The number of aromatic nitrogens is 2. The van der Waals surface area contributed by atoms with Crippen LogP contribution >= 0.6 is 0 Å². The first kappa shape index (κ1) is 30.7. The maximum atomic E-state index is 11.5. The van der Waals surface area contributed by atoms with Crippen molar-refractivity contribution in [2.75, 3.05) is 4.90 Å². The Morgan fingerprint density at radius 1 is 0.500 bits per heavy atom. The Morgan fingerprint density at radius 3 is 1.15 bits per heavy atom. The van der Waals surface area contributed by atoms with Crippen LogP contribution < -0.4 is 4.90 Å². The van der Waals surface area contributed by atoms with Gasteiger partial charge in [-0.05, 0) is 96.6 Å². The van der Waals surface area contributed by atoms with Gasteiger partial charge in [0.1, 0.15) is 11.6 Å².